The predicted molar refractivity (Wildman–Crippen MR) is 90.6 cm³/mol. The van der Waals surface area contributed by atoms with Gasteiger partial charge in [0.2, 0.25) is 0 Å². The van der Waals surface area contributed by atoms with Crippen LogP contribution in [0.2, 0.25) is 10.0 Å². The van der Waals surface area contributed by atoms with Crippen LogP contribution in [-0.4, -0.2) is 0 Å². The Morgan fingerprint density at radius 3 is 2.32 bits per heavy atom. The van der Waals surface area contributed by atoms with Crippen molar-refractivity contribution < 1.29 is 4.42 Å². The average molecular weight is 331 g/mol. The second kappa shape index (κ2) is 5.99. The van der Waals surface area contributed by atoms with Gasteiger partial charge in [0.1, 0.15) is 5.76 Å². The first kappa shape index (κ1) is 14.9. The van der Waals surface area contributed by atoms with E-state index >= 15 is 0 Å². The van der Waals surface area contributed by atoms with Crippen molar-refractivity contribution in [2.24, 2.45) is 0 Å². The minimum atomic E-state index is -0.0801. The van der Waals surface area contributed by atoms with E-state index in [4.69, 9.17) is 27.6 Å². The Hall–Kier alpha value is -2.03. The van der Waals surface area contributed by atoms with Crippen LogP contribution in [0, 0.1) is 6.92 Å². The van der Waals surface area contributed by atoms with Crippen LogP contribution in [-0.2, 0) is 0 Å². The lowest BCUT2D eigenvalue weighted by atomic mass is 9.99. The molecular formula is C18H12Cl2O2. The largest absolute Gasteiger partial charge is 0.463 e. The number of benzene rings is 2. The van der Waals surface area contributed by atoms with Crippen molar-refractivity contribution in [3.63, 3.8) is 0 Å². The van der Waals surface area contributed by atoms with E-state index in [9.17, 15) is 4.79 Å². The van der Waals surface area contributed by atoms with Crippen LogP contribution >= 0.6 is 23.2 Å². The fourth-order valence-corrected chi connectivity index (χ4v) is 2.57. The van der Waals surface area contributed by atoms with Crippen molar-refractivity contribution in [3.8, 4) is 22.5 Å². The summed E-state index contributed by atoms with van der Waals surface area (Å²) < 4.78 is 5.70. The highest BCUT2D eigenvalue weighted by atomic mass is 35.5. The molecule has 2 nitrogen and oxygen atoms in total. The molecule has 0 aliphatic heterocycles. The summed E-state index contributed by atoms with van der Waals surface area (Å²) >= 11 is 12.1. The lowest BCUT2D eigenvalue weighted by Gasteiger charge is -2.10. The highest BCUT2D eigenvalue weighted by Crippen LogP contribution is 2.33. The zero-order chi connectivity index (χ0) is 15.7. The van der Waals surface area contributed by atoms with E-state index in [1.807, 2.05) is 30.3 Å². The molecule has 0 spiro atoms. The smallest absolute Gasteiger partial charge is 0.196 e. The summed E-state index contributed by atoms with van der Waals surface area (Å²) in [5, 5.41) is 0.850. The Balaban J connectivity index is 2.32. The van der Waals surface area contributed by atoms with Crippen molar-refractivity contribution in [2.75, 3.05) is 0 Å². The first-order valence-electron chi connectivity index (χ1n) is 6.71. The van der Waals surface area contributed by atoms with E-state index in [-0.39, 0.29) is 5.43 Å². The SMILES string of the molecule is Cc1coc(-c2ccccc2)c(-c2ccc(Cl)c(Cl)c2)c1=O. The van der Waals surface area contributed by atoms with Crippen LogP contribution in [0.5, 0.6) is 0 Å². The molecule has 110 valence electrons. The monoisotopic (exact) mass is 330 g/mol. The maximum Gasteiger partial charge on any atom is 0.196 e. The number of aryl methyl sites for hydroxylation is 1. The maximum absolute atomic E-state index is 12.6. The number of rotatable bonds is 2. The summed E-state index contributed by atoms with van der Waals surface area (Å²) in [5.41, 5.74) is 2.47. The van der Waals surface area contributed by atoms with Gasteiger partial charge in [0.15, 0.2) is 5.43 Å². The Bertz CT molecular complexity index is 883. The topological polar surface area (TPSA) is 30.2 Å². The van der Waals surface area contributed by atoms with Gasteiger partial charge < -0.3 is 4.42 Å². The molecule has 3 aromatic rings. The average Bonchev–Trinajstić information content (AvgIpc) is 2.53. The Kier molecular flexibility index (Phi) is 4.06. The van der Waals surface area contributed by atoms with Crippen molar-refractivity contribution in [2.45, 2.75) is 6.92 Å². The lowest BCUT2D eigenvalue weighted by Crippen LogP contribution is -2.09. The van der Waals surface area contributed by atoms with Gasteiger partial charge in [0, 0.05) is 11.1 Å². The third-order valence-corrected chi connectivity index (χ3v) is 4.15. The summed E-state index contributed by atoms with van der Waals surface area (Å²) in [6.07, 6.45) is 1.48. The molecule has 0 aliphatic carbocycles. The summed E-state index contributed by atoms with van der Waals surface area (Å²) in [6, 6.07) is 14.6. The maximum atomic E-state index is 12.6. The lowest BCUT2D eigenvalue weighted by molar-refractivity contribution is 0.561. The molecule has 0 saturated carbocycles. The third-order valence-electron chi connectivity index (χ3n) is 3.41. The standard InChI is InChI=1S/C18H12Cl2O2/c1-11-10-22-18(12-5-3-2-4-6-12)16(17(11)21)13-7-8-14(19)15(20)9-13/h2-10H,1H3. The fraction of sp³-hybridized carbons (Fsp3) is 0.0556. The van der Waals surface area contributed by atoms with Gasteiger partial charge in [-0.05, 0) is 24.6 Å². The fourth-order valence-electron chi connectivity index (χ4n) is 2.28. The van der Waals surface area contributed by atoms with E-state index < -0.39 is 0 Å². The van der Waals surface area contributed by atoms with Crippen molar-refractivity contribution in [1.29, 1.82) is 0 Å². The predicted octanol–water partition coefficient (Wildman–Crippen LogP) is 5.59. The Morgan fingerprint density at radius 1 is 0.909 bits per heavy atom. The molecule has 0 radical (unpaired) electrons. The molecule has 0 saturated heterocycles. The van der Waals surface area contributed by atoms with Crippen molar-refractivity contribution in [3.05, 3.63) is 80.6 Å². The minimum Gasteiger partial charge on any atom is -0.463 e. The summed E-state index contributed by atoms with van der Waals surface area (Å²) in [4.78, 5) is 12.6. The molecule has 2 aromatic carbocycles. The molecule has 1 heterocycles. The zero-order valence-electron chi connectivity index (χ0n) is 11.8. The van der Waals surface area contributed by atoms with E-state index in [1.54, 1.807) is 25.1 Å². The van der Waals surface area contributed by atoms with Gasteiger partial charge in [0.25, 0.3) is 0 Å². The van der Waals surface area contributed by atoms with Crippen LogP contribution < -0.4 is 5.43 Å². The molecule has 3 rings (SSSR count). The summed E-state index contributed by atoms with van der Waals surface area (Å²) in [6.45, 7) is 1.72. The molecule has 4 heteroatoms. The van der Waals surface area contributed by atoms with Gasteiger partial charge in [-0.15, -0.1) is 0 Å². The Labute approximate surface area is 137 Å². The molecule has 22 heavy (non-hydrogen) atoms. The highest BCUT2D eigenvalue weighted by molar-refractivity contribution is 6.42. The highest BCUT2D eigenvalue weighted by Gasteiger charge is 2.16. The number of hydrogen-bond acceptors (Lipinski definition) is 2. The zero-order valence-corrected chi connectivity index (χ0v) is 13.3. The van der Waals surface area contributed by atoms with Crippen molar-refractivity contribution in [1.82, 2.24) is 0 Å². The summed E-state index contributed by atoms with van der Waals surface area (Å²) in [7, 11) is 0. The molecule has 0 unspecified atom stereocenters. The quantitative estimate of drug-likeness (QED) is 0.613. The van der Waals surface area contributed by atoms with Gasteiger partial charge >= 0.3 is 0 Å². The second-order valence-corrected chi connectivity index (χ2v) is 5.76. The van der Waals surface area contributed by atoms with E-state index in [2.05, 4.69) is 0 Å². The molecular weight excluding hydrogens is 319 g/mol. The number of hydrogen-bond donors (Lipinski definition) is 0. The van der Waals surface area contributed by atoms with E-state index in [0.717, 1.165) is 5.56 Å². The molecule has 0 atom stereocenters. The first-order valence-corrected chi connectivity index (χ1v) is 7.47. The van der Waals surface area contributed by atoms with Gasteiger partial charge in [0.05, 0.1) is 21.9 Å². The van der Waals surface area contributed by atoms with E-state index in [1.165, 1.54) is 6.26 Å². The number of halogens is 2. The normalized spacial score (nSPS) is 10.7. The van der Waals surface area contributed by atoms with E-state index in [0.29, 0.717) is 32.5 Å². The molecule has 0 fully saturated rings. The Morgan fingerprint density at radius 2 is 1.64 bits per heavy atom. The van der Waals surface area contributed by atoms with Crippen LogP contribution in [0.25, 0.3) is 22.5 Å². The third kappa shape index (κ3) is 2.68. The van der Waals surface area contributed by atoms with Crippen LogP contribution in [0.3, 0.4) is 0 Å². The van der Waals surface area contributed by atoms with Crippen LogP contribution in [0.15, 0.2) is 64.0 Å². The van der Waals surface area contributed by atoms with Gasteiger partial charge in [-0.2, -0.15) is 0 Å². The minimum absolute atomic E-state index is 0.0801. The van der Waals surface area contributed by atoms with Crippen molar-refractivity contribution >= 4 is 23.2 Å². The second-order valence-electron chi connectivity index (χ2n) is 4.95. The molecule has 0 amide bonds. The van der Waals surface area contributed by atoms with Crippen LogP contribution in [0.1, 0.15) is 5.56 Å². The molecule has 0 N–H and O–H groups in total. The molecule has 1 aromatic heterocycles. The van der Waals surface area contributed by atoms with Gasteiger partial charge in [-0.25, -0.2) is 0 Å². The van der Waals surface area contributed by atoms with Gasteiger partial charge in [-0.3, -0.25) is 4.79 Å². The summed E-state index contributed by atoms with van der Waals surface area (Å²) in [5.74, 6) is 0.523. The molecule has 0 aliphatic rings. The molecule has 0 bridgehead atoms. The first-order chi connectivity index (χ1) is 10.6. The van der Waals surface area contributed by atoms with Gasteiger partial charge in [-0.1, -0.05) is 59.6 Å². The van der Waals surface area contributed by atoms with Crippen LogP contribution in [0.4, 0.5) is 0 Å².